The maximum absolute atomic E-state index is 13.3. The van der Waals surface area contributed by atoms with Crippen LogP contribution in [0.15, 0.2) is 18.2 Å². The monoisotopic (exact) mass is 617 g/mol. The summed E-state index contributed by atoms with van der Waals surface area (Å²) in [4.78, 5) is 29.7. The molecule has 0 aliphatic carbocycles. The first kappa shape index (κ1) is 30.6. The van der Waals surface area contributed by atoms with Gasteiger partial charge in [-0.2, -0.15) is 5.26 Å². The lowest BCUT2D eigenvalue weighted by Crippen LogP contribution is -2.68. The average Bonchev–Trinajstić information content (AvgIpc) is 3.49. The summed E-state index contributed by atoms with van der Waals surface area (Å²) in [7, 11) is 3.50. The summed E-state index contributed by atoms with van der Waals surface area (Å²) in [6.07, 6.45) is 3.82. The van der Waals surface area contributed by atoms with Gasteiger partial charge in [0.05, 0.1) is 25.3 Å². The molecule has 2 bridgehead atoms. The number of aromatic hydroxyl groups is 2. The number of fused-ring (bicyclic) bond motifs is 9. The summed E-state index contributed by atoms with van der Waals surface area (Å²) < 4.78 is 17.4. The minimum Gasteiger partial charge on any atom is -0.507 e. The van der Waals surface area contributed by atoms with Crippen LogP contribution in [0.1, 0.15) is 59.3 Å². The number of phenolic OH excluding ortho intramolecular Hbond substituents is 2. The number of nitrogens with one attached hydrogen (secondary N) is 2. The lowest BCUT2D eigenvalue weighted by molar-refractivity contribution is -0.127. The number of phenols is 2. The van der Waals surface area contributed by atoms with Crippen molar-refractivity contribution in [1.82, 2.24) is 20.4 Å². The summed E-state index contributed by atoms with van der Waals surface area (Å²) >= 11 is 0. The molecule has 45 heavy (non-hydrogen) atoms. The zero-order valence-electron chi connectivity index (χ0n) is 26.3. The molecule has 0 aromatic heterocycles. The number of nitrogens with zero attached hydrogens (tertiary/aromatic N) is 3. The van der Waals surface area contributed by atoms with E-state index in [2.05, 4.69) is 26.5 Å². The standard InChI is InChI=1S/C33H39N5O7/c1-7-8-24(39)36-17(4)33(42)35-13-23-26-19(28(40)16(3)31-32(26)45-14-44-31)11-21-27-25-18(9-15(2)30(43-6)29(25)41)10-20(37(27)5)22(12-34)38(21)23/h7-9,17,20-23,27,40-41H,10-11,13-14H2,1-6H3,(H,35,42)(H,36,39)/b8-7+/t17-,20-,21?,22-,23-,27-/m0/s1. The lowest BCUT2D eigenvalue weighted by Gasteiger charge is -2.60. The van der Waals surface area contributed by atoms with E-state index >= 15 is 0 Å². The quantitative estimate of drug-likeness (QED) is 0.355. The number of piperazine rings is 1. The van der Waals surface area contributed by atoms with E-state index in [1.807, 2.05) is 20.0 Å². The van der Waals surface area contributed by atoms with Crippen LogP contribution >= 0.6 is 0 Å². The predicted octanol–water partition coefficient (Wildman–Crippen LogP) is 2.42. The number of methoxy groups -OCH3 is 1. The van der Waals surface area contributed by atoms with E-state index in [-0.39, 0.29) is 48.9 Å². The Kier molecular flexibility index (Phi) is 7.79. The zero-order valence-corrected chi connectivity index (χ0v) is 26.3. The highest BCUT2D eigenvalue weighted by molar-refractivity contribution is 5.92. The molecule has 12 heteroatoms. The number of benzene rings is 2. The van der Waals surface area contributed by atoms with Gasteiger partial charge in [-0.25, -0.2) is 0 Å². The number of carbonyl (C=O) groups is 2. The molecule has 4 N–H and O–H groups in total. The number of likely N-dealkylation sites (N-methyl/N-ethyl adjacent to an activating group) is 1. The molecule has 238 valence electrons. The van der Waals surface area contributed by atoms with Gasteiger partial charge in [0.1, 0.15) is 17.8 Å². The van der Waals surface area contributed by atoms with Crippen LogP contribution in [0.2, 0.25) is 0 Å². The van der Waals surface area contributed by atoms with Crippen LogP contribution in [-0.4, -0.2) is 83.5 Å². The van der Waals surface area contributed by atoms with Gasteiger partial charge in [-0.1, -0.05) is 12.1 Å². The molecule has 2 aromatic carbocycles. The number of rotatable bonds is 6. The van der Waals surface area contributed by atoms with Crippen molar-refractivity contribution in [2.24, 2.45) is 0 Å². The van der Waals surface area contributed by atoms with Crippen LogP contribution in [0.25, 0.3) is 0 Å². The Morgan fingerprint density at radius 1 is 1.18 bits per heavy atom. The van der Waals surface area contributed by atoms with Gasteiger partial charge in [0.2, 0.25) is 18.6 Å². The van der Waals surface area contributed by atoms with E-state index in [1.54, 1.807) is 26.8 Å². The molecule has 0 spiro atoms. The number of hydrogen-bond donors (Lipinski definition) is 4. The summed E-state index contributed by atoms with van der Waals surface area (Å²) in [5, 5.41) is 39.5. The predicted molar refractivity (Wildman–Crippen MR) is 163 cm³/mol. The van der Waals surface area contributed by atoms with Crippen molar-refractivity contribution < 1.29 is 34.0 Å². The normalized spacial score (nSPS) is 25.5. The first-order chi connectivity index (χ1) is 21.5. The number of hydrogen-bond acceptors (Lipinski definition) is 10. The topological polar surface area (TPSA) is 157 Å². The second-order valence-corrected chi connectivity index (χ2v) is 12.2. The van der Waals surface area contributed by atoms with Crippen molar-refractivity contribution in [3.05, 3.63) is 51.6 Å². The molecule has 1 saturated heterocycles. The van der Waals surface area contributed by atoms with Gasteiger partial charge in [-0.3, -0.25) is 19.4 Å². The van der Waals surface area contributed by atoms with E-state index in [1.165, 1.54) is 13.2 Å². The molecule has 4 aliphatic heterocycles. The minimum atomic E-state index is -0.817. The van der Waals surface area contributed by atoms with Gasteiger partial charge in [0, 0.05) is 40.9 Å². The summed E-state index contributed by atoms with van der Waals surface area (Å²) in [6.45, 7) is 7.04. The fourth-order valence-corrected chi connectivity index (χ4v) is 7.87. The van der Waals surface area contributed by atoms with Crippen molar-refractivity contribution in [3.8, 4) is 34.8 Å². The van der Waals surface area contributed by atoms with Crippen LogP contribution < -0.4 is 24.8 Å². The van der Waals surface area contributed by atoms with Crippen LogP contribution in [0, 0.1) is 25.2 Å². The highest BCUT2D eigenvalue weighted by Gasteiger charge is 2.56. The van der Waals surface area contributed by atoms with Crippen molar-refractivity contribution in [1.29, 1.82) is 5.26 Å². The van der Waals surface area contributed by atoms with Crippen molar-refractivity contribution >= 4 is 11.8 Å². The van der Waals surface area contributed by atoms with E-state index in [9.17, 15) is 25.1 Å². The molecule has 4 aliphatic rings. The van der Waals surface area contributed by atoms with E-state index < -0.39 is 24.0 Å². The lowest BCUT2D eigenvalue weighted by atomic mass is 9.71. The second-order valence-electron chi connectivity index (χ2n) is 12.2. The number of nitriles is 1. The number of aryl methyl sites for hydroxylation is 1. The van der Waals surface area contributed by atoms with Crippen LogP contribution in [0.5, 0.6) is 28.7 Å². The Bertz CT molecular complexity index is 1650. The van der Waals surface area contributed by atoms with Crippen LogP contribution in [-0.2, 0) is 22.4 Å². The number of ether oxygens (including phenoxy) is 3. The van der Waals surface area contributed by atoms with E-state index in [0.717, 1.165) is 16.7 Å². The third kappa shape index (κ3) is 4.64. The number of carbonyl (C=O) groups excluding carboxylic acids is 2. The number of amides is 2. The molecule has 12 nitrogen and oxygen atoms in total. The molecule has 0 saturated carbocycles. The Morgan fingerprint density at radius 2 is 1.91 bits per heavy atom. The fraction of sp³-hybridized carbons (Fsp3) is 0.485. The van der Waals surface area contributed by atoms with Crippen LogP contribution in [0.3, 0.4) is 0 Å². The molecule has 6 rings (SSSR count). The molecule has 1 fully saturated rings. The maximum Gasteiger partial charge on any atom is 0.244 e. The Balaban J connectivity index is 1.49. The van der Waals surface area contributed by atoms with Crippen molar-refractivity contribution in [3.63, 3.8) is 0 Å². The zero-order chi connectivity index (χ0) is 32.3. The third-order valence-corrected chi connectivity index (χ3v) is 9.83. The van der Waals surface area contributed by atoms with Gasteiger partial charge >= 0.3 is 0 Å². The molecular weight excluding hydrogens is 578 g/mol. The average molecular weight is 618 g/mol. The van der Waals surface area contributed by atoms with Crippen molar-refractivity contribution in [2.45, 2.75) is 76.8 Å². The highest BCUT2D eigenvalue weighted by Crippen LogP contribution is 2.58. The second kappa shape index (κ2) is 11.5. The molecule has 2 amide bonds. The molecular formula is C33H39N5O7. The summed E-state index contributed by atoms with van der Waals surface area (Å²) in [5.74, 6) is 0.724. The number of allylic oxidation sites excluding steroid dienone is 1. The van der Waals surface area contributed by atoms with Crippen LogP contribution in [0.4, 0.5) is 0 Å². The summed E-state index contributed by atoms with van der Waals surface area (Å²) in [6, 6.07) is 1.63. The van der Waals surface area contributed by atoms with E-state index in [0.29, 0.717) is 46.8 Å². The smallest absolute Gasteiger partial charge is 0.244 e. The highest BCUT2D eigenvalue weighted by atomic mass is 16.7. The van der Waals surface area contributed by atoms with Crippen molar-refractivity contribution in [2.75, 3.05) is 27.5 Å². The third-order valence-electron chi connectivity index (χ3n) is 9.83. The minimum absolute atomic E-state index is 0.0152. The van der Waals surface area contributed by atoms with E-state index in [4.69, 9.17) is 14.2 Å². The largest absolute Gasteiger partial charge is 0.507 e. The first-order valence-electron chi connectivity index (χ1n) is 15.2. The maximum atomic E-state index is 13.3. The summed E-state index contributed by atoms with van der Waals surface area (Å²) in [5.41, 5.74) is 4.40. The molecule has 4 heterocycles. The van der Waals surface area contributed by atoms with Gasteiger partial charge in [-0.15, -0.1) is 0 Å². The first-order valence-corrected chi connectivity index (χ1v) is 15.2. The fourth-order valence-electron chi connectivity index (χ4n) is 7.87. The SMILES string of the molecule is C/C=C/C(=O)N[C@@H](C)C(=O)NC[C@H]1c2c(c(O)c(C)c3c2OCO3)CC2[C@H]3c4c(cc(C)c(OC)c4O)C[C@@H]([C@H](C#N)N21)N3C. The van der Waals surface area contributed by atoms with Gasteiger partial charge in [0.15, 0.2) is 23.0 Å². The molecule has 2 aromatic rings. The van der Waals surface area contributed by atoms with Gasteiger partial charge < -0.3 is 35.1 Å². The van der Waals surface area contributed by atoms with Gasteiger partial charge in [-0.05, 0) is 64.8 Å². The Morgan fingerprint density at radius 3 is 2.60 bits per heavy atom. The van der Waals surface area contributed by atoms with Gasteiger partial charge in [0.25, 0.3) is 0 Å². The molecule has 1 unspecified atom stereocenters. The Labute approximate surface area is 262 Å². The molecule has 6 atom stereocenters. The molecule has 0 radical (unpaired) electrons. The Hall–Kier alpha value is -4.47.